The third-order valence-corrected chi connectivity index (χ3v) is 5.58. The number of hydrogen-bond donors (Lipinski definition) is 1. The number of allylic oxidation sites excluding steroid dienone is 3. The Hall–Kier alpha value is -1.88. The fraction of sp³-hybridized carbons (Fsp3) is 0.636. The number of rotatable bonds is 1. The Balaban J connectivity index is 2.38. The first-order valence-corrected chi connectivity index (χ1v) is 9.70. The van der Waals surface area contributed by atoms with Gasteiger partial charge in [-0.25, -0.2) is 4.79 Å². The first-order valence-electron chi connectivity index (χ1n) is 9.70. The number of esters is 2. The van der Waals surface area contributed by atoms with Gasteiger partial charge in [0.2, 0.25) is 0 Å². The highest BCUT2D eigenvalue weighted by Gasteiger charge is 2.45. The molecule has 1 N–H and O–H groups in total. The van der Waals surface area contributed by atoms with Crippen LogP contribution in [0.1, 0.15) is 66.2 Å². The highest BCUT2D eigenvalue weighted by molar-refractivity contribution is 5.89. The van der Waals surface area contributed by atoms with Crippen LogP contribution in [0, 0.1) is 5.92 Å². The maximum atomic E-state index is 12.4. The largest absolute Gasteiger partial charge is 0.462 e. The lowest BCUT2D eigenvalue weighted by Crippen LogP contribution is -2.49. The maximum absolute atomic E-state index is 12.4. The van der Waals surface area contributed by atoms with E-state index in [1.165, 1.54) is 12.5 Å². The minimum atomic E-state index is -1.15. The average molecular weight is 376 g/mol. The van der Waals surface area contributed by atoms with Crippen LogP contribution in [0.4, 0.5) is 0 Å². The van der Waals surface area contributed by atoms with E-state index >= 15 is 0 Å². The first-order chi connectivity index (χ1) is 12.6. The van der Waals surface area contributed by atoms with Gasteiger partial charge in [0.1, 0.15) is 12.2 Å². The van der Waals surface area contributed by atoms with E-state index in [-0.39, 0.29) is 11.9 Å². The topological polar surface area (TPSA) is 72.8 Å². The molecule has 27 heavy (non-hydrogen) atoms. The molecule has 1 heterocycles. The molecule has 0 spiro atoms. The van der Waals surface area contributed by atoms with Gasteiger partial charge in [-0.1, -0.05) is 29.9 Å². The van der Waals surface area contributed by atoms with Crippen molar-refractivity contribution in [1.82, 2.24) is 0 Å². The highest BCUT2D eigenvalue weighted by atomic mass is 16.6. The molecule has 0 aromatic rings. The van der Waals surface area contributed by atoms with E-state index in [4.69, 9.17) is 9.47 Å². The van der Waals surface area contributed by atoms with Gasteiger partial charge >= 0.3 is 11.9 Å². The minimum Gasteiger partial charge on any atom is -0.462 e. The van der Waals surface area contributed by atoms with Crippen molar-refractivity contribution in [1.29, 1.82) is 0 Å². The lowest BCUT2D eigenvalue weighted by Gasteiger charge is -2.40. The normalized spacial score (nSPS) is 37.1. The number of hydrogen-bond acceptors (Lipinski definition) is 5. The maximum Gasteiger partial charge on any atom is 0.334 e. The molecule has 0 unspecified atom stereocenters. The molecule has 4 atom stereocenters. The van der Waals surface area contributed by atoms with Crippen LogP contribution in [0.5, 0.6) is 0 Å². The van der Waals surface area contributed by atoms with Crippen molar-refractivity contribution in [3.8, 4) is 0 Å². The summed E-state index contributed by atoms with van der Waals surface area (Å²) in [5.74, 6) is -1.27. The molecule has 1 aliphatic heterocycles. The van der Waals surface area contributed by atoms with E-state index in [9.17, 15) is 14.7 Å². The van der Waals surface area contributed by atoms with Crippen molar-refractivity contribution in [2.45, 2.75) is 84.0 Å². The predicted octanol–water partition coefficient (Wildman–Crippen LogP) is 4.01. The smallest absolute Gasteiger partial charge is 0.334 e. The molecule has 2 bridgehead atoms. The number of aliphatic hydroxyl groups is 1. The zero-order valence-corrected chi connectivity index (χ0v) is 16.9. The van der Waals surface area contributed by atoms with Crippen molar-refractivity contribution in [2.75, 3.05) is 0 Å². The summed E-state index contributed by atoms with van der Waals surface area (Å²) < 4.78 is 11.1. The zero-order chi connectivity index (χ0) is 20.2. The van der Waals surface area contributed by atoms with Gasteiger partial charge in [-0.2, -0.15) is 0 Å². The number of fused-ring (bicyclic) bond motifs is 2. The fourth-order valence-corrected chi connectivity index (χ4v) is 3.83. The van der Waals surface area contributed by atoms with Gasteiger partial charge < -0.3 is 14.6 Å². The Morgan fingerprint density at radius 1 is 1.30 bits per heavy atom. The van der Waals surface area contributed by atoms with Crippen LogP contribution in [0.3, 0.4) is 0 Å². The predicted molar refractivity (Wildman–Crippen MR) is 104 cm³/mol. The molecule has 2 rings (SSSR count). The van der Waals surface area contributed by atoms with Gasteiger partial charge in [-0.15, -0.1) is 0 Å². The summed E-state index contributed by atoms with van der Waals surface area (Å²) in [6.45, 7) is 11.1. The third kappa shape index (κ3) is 5.80. The van der Waals surface area contributed by atoms with Gasteiger partial charge in [0.15, 0.2) is 0 Å². The van der Waals surface area contributed by atoms with Crippen molar-refractivity contribution >= 4 is 11.9 Å². The Bertz CT molecular complexity index is 656. The SMILES string of the molecule is C=C1C(=O)O[C@H]2C[C@@H]1[C@@H](OC(C)=O)C/C(C)=C/CC/C(C)=C\CC[C@@]2(C)O. The van der Waals surface area contributed by atoms with E-state index < -0.39 is 23.8 Å². The Kier molecular flexibility index (Phi) is 7.04. The van der Waals surface area contributed by atoms with E-state index in [0.29, 0.717) is 31.3 Å². The number of carbonyl (C=O) groups excluding carboxylic acids is 2. The second-order valence-electron chi connectivity index (χ2n) is 8.15. The summed E-state index contributed by atoms with van der Waals surface area (Å²) >= 11 is 0. The monoisotopic (exact) mass is 376 g/mol. The van der Waals surface area contributed by atoms with Crippen molar-refractivity contribution in [3.05, 3.63) is 35.5 Å². The van der Waals surface area contributed by atoms with Crippen LogP contribution in [-0.2, 0) is 19.1 Å². The van der Waals surface area contributed by atoms with Crippen molar-refractivity contribution < 1.29 is 24.2 Å². The molecule has 0 radical (unpaired) electrons. The number of carbonyl (C=O) groups is 2. The van der Waals surface area contributed by atoms with Gasteiger partial charge in [-0.3, -0.25) is 4.79 Å². The summed E-state index contributed by atoms with van der Waals surface area (Å²) in [5, 5.41) is 11.0. The van der Waals surface area contributed by atoms with Crippen LogP contribution in [0.25, 0.3) is 0 Å². The van der Waals surface area contributed by atoms with Gasteiger partial charge in [0, 0.05) is 24.8 Å². The van der Waals surface area contributed by atoms with Gasteiger partial charge in [0.05, 0.1) is 5.60 Å². The van der Waals surface area contributed by atoms with Crippen LogP contribution >= 0.6 is 0 Å². The molecule has 0 aromatic carbocycles. The molecule has 2 aliphatic rings. The summed E-state index contributed by atoms with van der Waals surface area (Å²) in [7, 11) is 0. The fourth-order valence-electron chi connectivity index (χ4n) is 3.83. The molecule has 0 aromatic heterocycles. The lowest BCUT2D eigenvalue weighted by atomic mass is 9.78. The highest BCUT2D eigenvalue weighted by Crippen LogP contribution is 2.37. The summed E-state index contributed by atoms with van der Waals surface area (Å²) in [6, 6.07) is 0. The minimum absolute atomic E-state index is 0.309. The van der Waals surface area contributed by atoms with Gasteiger partial charge in [0.25, 0.3) is 0 Å². The first kappa shape index (κ1) is 21.4. The van der Waals surface area contributed by atoms with Crippen LogP contribution in [0.15, 0.2) is 35.5 Å². The third-order valence-electron chi connectivity index (χ3n) is 5.58. The van der Waals surface area contributed by atoms with E-state index in [0.717, 1.165) is 18.4 Å². The lowest BCUT2D eigenvalue weighted by molar-refractivity contribution is -0.174. The van der Waals surface area contributed by atoms with Crippen LogP contribution in [0.2, 0.25) is 0 Å². The quantitative estimate of drug-likeness (QED) is 0.425. The molecule has 0 amide bonds. The standard InChI is InChI=1S/C22H32O5/c1-14-8-6-9-15(2)12-19(26-17(4)23)18-13-20(27-21(24)16(18)3)22(5,25)11-7-10-14/h9-10,18-20,25H,3,6-8,11-13H2,1-2,4-5H3/b14-10-,15-9+/t18-,19-,20-,22+/m0/s1. The Morgan fingerprint density at radius 3 is 2.63 bits per heavy atom. The van der Waals surface area contributed by atoms with E-state index in [1.54, 1.807) is 6.92 Å². The molecule has 5 nitrogen and oxygen atoms in total. The summed E-state index contributed by atoms with van der Waals surface area (Å²) in [5.41, 5.74) is 1.54. The van der Waals surface area contributed by atoms with Crippen LogP contribution in [-0.4, -0.2) is 34.9 Å². The molecule has 150 valence electrons. The molecule has 1 saturated heterocycles. The van der Waals surface area contributed by atoms with Crippen molar-refractivity contribution in [2.24, 2.45) is 5.92 Å². The summed E-state index contributed by atoms with van der Waals surface area (Å²) in [4.78, 5) is 24.1. The second-order valence-corrected chi connectivity index (χ2v) is 8.15. The van der Waals surface area contributed by atoms with E-state index in [2.05, 4.69) is 25.7 Å². The molecular weight excluding hydrogens is 344 g/mol. The Morgan fingerprint density at radius 2 is 1.96 bits per heavy atom. The molecule has 1 aliphatic carbocycles. The summed E-state index contributed by atoms with van der Waals surface area (Å²) in [6.07, 6.45) is 7.17. The molecular formula is C22H32O5. The molecule has 0 saturated carbocycles. The average Bonchev–Trinajstić information content (AvgIpc) is 2.55. The van der Waals surface area contributed by atoms with Crippen molar-refractivity contribution in [3.63, 3.8) is 0 Å². The van der Waals surface area contributed by atoms with E-state index in [1.807, 2.05) is 6.92 Å². The van der Waals surface area contributed by atoms with Crippen LogP contribution < -0.4 is 0 Å². The number of ether oxygens (including phenoxy) is 2. The zero-order valence-electron chi connectivity index (χ0n) is 16.9. The molecule has 5 heteroatoms. The molecule has 1 fully saturated rings. The Labute approximate surface area is 162 Å². The second kappa shape index (κ2) is 8.87. The van der Waals surface area contributed by atoms with Gasteiger partial charge in [-0.05, 0) is 52.9 Å².